The molecule has 2 atom stereocenters. The zero-order valence-corrected chi connectivity index (χ0v) is 19.2. The number of hydrogen-bond acceptors (Lipinski definition) is 6. The first-order valence-corrected chi connectivity index (χ1v) is 11.2. The van der Waals surface area contributed by atoms with Crippen LogP contribution in [0.1, 0.15) is 59.4 Å². The van der Waals surface area contributed by atoms with E-state index in [2.05, 4.69) is 0 Å². The zero-order chi connectivity index (χ0) is 24.0. The summed E-state index contributed by atoms with van der Waals surface area (Å²) in [5.74, 6) is -2.14. The second kappa shape index (κ2) is 10.9. The van der Waals surface area contributed by atoms with E-state index in [1.807, 2.05) is 26.0 Å². The zero-order valence-electron chi connectivity index (χ0n) is 19.2. The molecule has 1 saturated heterocycles. The van der Waals surface area contributed by atoms with E-state index in [4.69, 9.17) is 9.47 Å². The number of hydrogen-bond donors (Lipinski definition) is 0. The van der Waals surface area contributed by atoms with Crippen LogP contribution in [0.5, 0.6) is 0 Å². The van der Waals surface area contributed by atoms with Crippen molar-refractivity contribution in [1.29, 1.82) is 0 Å². The Bertz CT molecular complexity index is 1010. The highest BCUT2D eigenvalue weighted by molar-refractivity contribution is 6.02. The second-order valence-corrected chi connectivity index (χ2v) is 8.25. The van der Waals surface area contributed by atoms with Crippen LogP contribution in [-0.2, 0) is 19.1 Å². The number of ether oxygens (including phenoxy) is 2. The molecule has 1 fully saturated rings. The van der Waals surface area contributed by atoms with Gasteiger partial charge in [-0.3, -0.25) is 14.4 Å². The Balaban J connectivity index is 1.57. The average Bonchev–Trinajstić information content (AvgIpc) is 3.21. The summed E-state index contributed by atoms with van der Waals surface area (Å²) in [7, 11) is 0. The van der Waals surface area contributed by atoms with Crippen LogP contribution in [0.4, 0.5) is 5.69 Å². The van der Waals surface area contributed by atoms with Crippen molar-refractivity contribution in [2.45, 2.75) is 46.1 Å². The maximum absolute atomic E-state index is 12.6. The molecule has 1 heterocycles. The molecule has 0 N–H and O–H groups in total. The van der Waals surface area contributed by atoms with E-state index in [-0.39, 0.29) is 24.7 Å². The average molecular weight is 452 g/mol. The molecule has 0 bridgehead atoms. The molecule has 2 aromatic carbocycles. The molecule has 1 aliphatic rings. The number of nitrogens with zero attached hydrogens (tertiary/aromatic N) is 1. The number of anilines is 1. The van der Waals surface area contributed by atoms with Crippen molar-refractivity contribution < 1.29 is 28.7 Å². The van der Waals surface area contributed by atoms with E-state index in [1.165, 1.54) is 11.8 Å². The van der Waals surface area contributed by atoms with Gasteiger partial charge in [0.2, 0.25) is 11.7 Å². The van der Waals surface area contributed by atoms with Gasteiger partial charge in [0.05, 0.1) is 18.1 Å². The molecule has 0 saturated carbocycles. The Hall–Kier alpha value is -3.48. The van der Waals surface area contributed by atoms with E-state index >= 15 is 0 Å². The van der Waals surface area contributed by atoms with Crippen LogP contribution in [-0.4, -0.2) is 42.9 Å². The molecule has 3 rings (SSSR count). The number of rotatable bonds is 9. The Morgan fingerprint density at radius 3 is 2.30 bits per heavy atom. The summed E-state index contributed by atoms with van der Waals surface area (Å²) in [4.78, 5) is 51.2. The highest BCUT2D eigenvalue weighted by atomic mass is 16.5. The van der Waals surface area contributed by atoms with Gasteiger partial charge in [-0.25, -0.2) is 4.79 Å². The van der Waals surface area contributed by atoms with Crippen LogP contribution in [0.3, 0.4) is 0 Å². The summed E-state index contributed by atoms with van der Waals surface area (Å²) < 4.78 is 10.6. The van der Waals surface area contributed by atoms with Crippen molar-refractivity contribution in [2.24, 2.45) is 5.92 Å². The largest absolute Gasteiger partial charge is 0.462 e. The van der Waals surface area contributed by atoms with Crippen LogP contribution in [0.2, 0.25) is 0 Å². The molecule has 1 aliphatic heterocycles. The molecule has 0 spiro atoms. The lowest BCUT2D eigenvalue weighted by Gasteiger charge is -2.18. The highest BCUT2D eigenvalue weighted by Gasteiger charge is 2.37. The van der Waals surface area contributed by atoms with Gasteiger partial charge >= 0.3 is 11.9 Å². The Kier molecular flexibility index (Phi) is 7.98. The molecule has 33 heavy (non-hydrogen) atoms. The fourth-order valence-electron chi connectivity index (χ4n) is 3.56. The summed E-state index contributed by atoms with van der Waals surface area (Å²) in [6.07, 6.45) is 0.803. The van der Waals surface area contributed by atoms with Gasteiger partial charge in [0.1, 0.15) is 0 Å². The fourth-order valence-corrected chi connectivity index (χ4v) is 3.56. The van der Waals surface area contributed by atoms with Gasteiger partial charge in [0.25, 0.3) is 0 Å². The molecule has 7 nitrogen and oxygen atoms in total. The topological polar surface area (TPSA) is 90.0 Å². The molecule has 1 amide bonds. The number of unbranched alkanes of at least 4 members (excludes halogenated alkanes) is 1. The molecule has 7 heteroatoms. The maximum atomic E-state index is 12.6. The highest BCUT2D eigenvalue weighted by Crippen LogP contribution is 2.27. The SMILES string of the molecule is CCCCOC(=O)c1ccc(N2C[C@H](C(=O)O[C@@H](C)C(=O)c3ccc(C)cc3)CC2=O)cc1. The van der Waals surface area contributed by atoms with Gasteiger partial charge in [-0.15, -0.1) is 0 Å². The summed E-state index contributed by atoms with van der Waals surface area (Å²) >= 11 is 0. The number of carbonyl (C=O) groups excluding carboxylic acids is 4. The van der Waals surface area contributed by atoms with Crippen molar-refractivity contribution in [2.75, 3.05) is 18.1 Å². The fraction of sp³-hybridized carbons (Fsp3) is 0.385. The van der Waals surface area contributed by atoms with Gasteiger partial charge in [0.15, 0.2) is 6.10 Å². The molecular weight excluding hydrogens is 422 g/mol. The quantitative estimate of drug-likeness (QED) is 0.324. The minimum absolute atomic E-state index is 0.00505. The Morgan fingerprint density at radius 1 is 1.03 bits per heavy atom. The van der Waals surface area contributed by atoms with E-state index < -0.39 is 24.0 Å². The Morgan fingerprint density at radius 2 is 1.67 bits per heavy atom. The third kappa shape index (κ3) is 6.06. The predicted octanol–water partition coefficient (Wildman–Crippen LogP) is 4.12. The van der Waals surface area contributed by atoms with E-state index in [0.717, 1.165) is 18.4 Å². The van der Waals surface area contributed by atoms with Crippen LogP contribution in [0.15, 0.2) is 48.5 Å². The lowest BCUT2D eigenvalue weighted by Crippen LogP contribution is -2.30. The first kappa shape index (κ1) is 24.2. The van der Waals surface area contributed by atoms with Crippen LogP contribution < -0.4 is 4.90 Å². The summed E-state index contributed by atoms with van der Waals surface area (Å²) in [6, 6.07) is 13.6. The number of esters is 2. The van der Waals surface area contributed by atoms with Crippen LogP contribution in [0.25, 0.3) is 0 Å². The maximum Gasteiger partial charge on any atom is 0.338 e. The third-order valence-corrected chi connectivity index (χ3v) is 5.60. The van der Waals surface area contributed by atoms with Gasteiger partial charge in [-0.05, 0) is 44.5 Å². The Labute approximate surface area is 193 Å². The third-order valence-electron chi connectivity index (χ3n) is 5.60. The normalized spacial score (nSPS) is 16.4. The number of Topliss-reactive ketones (excluding diaryl/α,β-unsaturated/α-hetero) is 1. The van der Waals surface area contributed by atoms with Crippen molar-refractivity contribution in [1.82, 2.24) is 0 Å². The van der Waals surface area contributed by atoms with E-state index in [0.29, 0.717) is 23.4 Å². The minimum atomic E-state index is -0.942. The first-order valence-electron chi connectivity index (χ1n) is 11.2. The first-order chi connectivity index (χ1) is 15.8. The number of benzene rings is 2. The predicted molar refractivity (Wildman–Crippen MR) is 123 cm³/mol. The number of carbonyl (C=O) groups is 4. The number of ketones is 1. The monoisotopic (exact) mass is 451 g/mol. The molecule has 0 unspecified atom stereocenters. The molecule has 0 aliphatic carbocycles. The second-order valence-electron chi connectivity index (χ2n) is 8.25. The van der Waals surface area contributed by atoms with E-state index in [1.54, 1.807) is 36.4 Å². The summed E-state index contributed by atoms with van der Waals surface area (Å²) in [6.45, 7) is 6.00. The van der Waals surface area contributed by atoms with Crippen molar-refractivity contribution in [3.8, 4) is 0 Å². The molecule has 2 aromatic rings. The standard InChI is InChI=1S/C26H29NO6/c1-4-5-14-32-25(30)20-10-12-22(13-11-20)27-16-21(15-23(27)28)26(31)33-18(3)24(29)19-8-6-17(2)7-9-19/h6-13,18,21H,4-5,14-16H2,1-3H3/t18-,21+/m0/s1. The van der Waals surface area contributed by atoms with Crippen molar-refractivity contribution in [3.63, 3.8) is 0 Å². The summed E-state index contributed by atoms with van der Waals surface area (Å²) in [5.41, 5.74) is 2.49. The molecule has 0 radical (unpaired) electrons. The smallest absolute Gasteiger partial charge is 0.338 e. The van der Waals surface area contributed by atoms with Crippen LogP contribution >= 0.6 is 0 Å². The lowest BCUT2D eigenvalue weighted by atomic mass is 10.1. The van der Waals surface area contributed by atoms with Crippen molar-refractivity contribution >= 4 is 29.3 Å². The van der Waals surface area contributed by atoms with E-state index in [9.17, 15) is 19.2 Å². The summed E-state index contributed by atoms with van der Waals surface area (Å²) in [5, 5.41) is 0. The number of aryl methyl sites for hydroxylation is 1. The van der Waals surface area contributed by atoms with Gasteiger partial charge < -0.3 is 14.4 Å². The molecule has 174 valence electrons. The number of amides is 1. The molecule has 0 aromatic heterocycles. The minimum Gasteiger partial charge on any atom is -0.462 e. The van der Waals surface area contributed by atoms with Gasteiger partial charge in [-0.1, -0.05) is 43.2 Å². The van der Waals surface area contributed by atoms with Crippen molar-refractivity contribution in [3.05, 3.63) is 65.2 Å². The lowest BCUT2D eigenvalue weighted by molar-refractivity contribution is -0.151. The molecular formula is C26H29NO6. The van der Waals surface area contributed by atoms with Crippen LogP contribution in [0, 0.1) is 12.8 Å². The van der Waals surface area contributed by atoms with Gasteiger partial charge in [-0.2, -0.15) is 0 Å². The van der Waals surface area contributed by atoms with Gasteiger partial charge in [0, 0.05) is 24.2 Å².